The fourth-order valence-electron chi connectivity index (χ4n) is 3.04. The van der Waals surface area contributed by atoms with Gasteiger partial charge in [-0.2, -0.15) is 10.2 Å². The molecule has 0 saturated carbocycles. The van der Waals surface area contributed by atoms with Gasteiger partial charge in [0.25, 0.3) is 11.8 Å². The largest absolute Gasteiger partial charge is 0.378 e. The Labute approximate surface area is 154 Å². The average molecular weight is 369 g/mol. The van der Waals surface area contributed by atoms with Crippen LogP contribution in [0.15, 0.2) is 30.9 Å². The number of nitrogens with zero attached hydrogens (tertiary/aromatic N) is 6. The van der Waals surface area contributed by atoms with Crippen LogP contribution >= 0.6 is 0 Å². The van der Waals surface area contributed by atoms with Crippen LogP contribution in [0.4, 0.5) is 5.69 Å². The molecule has 0 atom stereocenters. The standard InChI is InChI=1S/C17H19N7O3/c1-2-23-14(17(26)22-6-8-27-9-7-22)13(11-20-23)21-16(25)12-10-19-24-5-3-4-18-15(12)24/h3-5,10-11H,2,6-9H2,1H3,(H,21,25). The summed E-state index contributed by atoms with van der Waals surface area (Å²) >= 11 is 0. The Morgan fingerprint density at radius 3 is 2.81 bits per heavy atom. The van der Waals surface area contributed by atoms with Gasteiger partial charge in [0.2, 0.25) is 0 Å². The lowest BCUT2D eigenvalue weighted by Gasteiger charge is -2.27. The van der Waals surface area contributed by atoms with Crippen LogP contribution in [-0.4, -0.2) is 67.4 Å². The molecule has 0 bridgehead atoms. The summed E-state index contributed by atoms with van der Waals surface area (Å²) in [5.41, 5.74) is 1.49. The van der Waals surface area contributed by atoms with Gasteiger partial charge in [0, 0.05) is 32.0 Å². The Hall–Kier alpha value is -3.27. The van der Waals surface area contributed by atoms with Crippen LogP contribution in [-0.2, 0) is 11.3 Å². The van der Waals surface area contributed by atoms with Crippen LogP contribution < -0.4 is 5.32 Å². The quantitative estimate of drug-likeness (QED) is 0.724. The van der Waals surface area contributed by atoms with Gasteiger partial charge >= 0.3 is 0 Å². The summed E-state index contributed by atoms with van der Waals surface area (Å²) in [5.74, 6) is -0.568. The number of rotatable bonds is 4. The van der Waals surface area contributed by atoms with Crippen molar-refractivity contribution >= 4 is 23.1 Å². The highest BCUT2D eigenvalue weighted by atomic mass is 16.5. The van der Waals surface area contributed by atoms with E-state index in [-0.39, 0.29) is 5.91 Å². The molecule has 0 spiro atoms. The highest BCUT2D eigenvalue weighted by Gasteiger charge is 2.26. The van der Waals surface area contributed by atoms with Crippen molar-refractivity contribution in [3.8, 4) is 0 Å². The topological polar surface area (TPSA) is 107 Å². The zero-order valence-corrected chi connectivity index (χ0v) is 14.8. The fourth-order valence-corrected chi connectivity index (χ4v) is 3.04. The molecule has 1 aliphatic rings. The van der Waals surface area contributed by atoms with Crippen LogP contribution in [0.2, 0.25) is 0 Å². The first kappa shape index (κ1) is 17.2. The third-order valence-electron chi connectivity index (χ3n) is 4.41. The van der Waals surface area contributed by atoms with Crippen molar-refractivity contribution in [2.75, 3.05) is 31.6 Å². The molecule has 0 radical (unpaired) electrons. The first-order valence-electron chi connectivity index (χ1n) is 8.71. The van der Waals surface area contributed by atoms with Crippen molar-refractivity contribution in [2.24, 2.45) is 0 Å². The number of hydrogen-bond donors (Lipinski definition) is 1. The van der Waals surface area contributed by atoms with Crippen LogP contribution in [0.25, 0.3) is 5.65 Å². The summed E-state index contributed by atoms with van der Waals surface area (Å²) in [6.45, 7) is 4.44. The maximum absolute atomic E-state index is 13.0. The van der Waals surface area contributed by atoms with E-state index in [1.54, 1.807) is 28.0 Å². The highest BCUT2D eigenvalue weighted by Crippen LogP contribution is 2.20. The Morgan fingerprint density at radius 2 is 2.04 bits per heavy atom. The zero-order chi connectivity index (χ0) is 18.8. The molecule has 140 valence electrons. The van der Waals surface area contributed by atoms with Gasteiger partial charge in [-0.1, -0.05) is 0 Å². The monoisotopic (exact) mass is 369 g/mol. The number of hydrogen-bond acceptors (Lipinski definition) is 6. The van der Waals surface area contributed by atoms with Crippen molar-refractivity contribution in [2.45, 2.75) is 13.5 Å². The molecule has 1 aliphatic heterocycles. The molecular weight excluding hydrogens is 350 g/mol. The molecule has 10 heteroatoms. The molecule has 4 heterocycles. The van der Waals surface area contributed by atoms with E-state index >= 15 is 0 Å². The Morgan fingerprint density at radius 1 is 1.22 bits per heavy atom. The first-order chi connectivity index (χ1) is 13.2. The number of fused-ring (bicyclic) bond motifs is 1. The number of nitrogens with one attached hydrogen (secondary N) is 1. The number of aryl methyl sites for hydroxylation is 1. The molecule has 10 nitrogen and oxygen atoms in total. The van der Waals surface area contributed by atoms with Crippen molar-refractivity contribution in [3.63, 3.8) is 0 Å². The summed E-state index contributed by atoms with van der Waals surface area (Å²) in [6, 6.07) is 1.73. The van der Waals surface area contributed by atoms with Gasteiger partial charge in [-0.15, -0.1) is 0 Å². The second kappa shape index (κ2) is 7.16. The van der Waals surface area contributed by atoms with Gasteiger partial charge in [0.15, 0.2) is 5.65 Å². The van der Waals surface area contributed by atoms with Gasteiger partial charge < -0.3 is 15.0 Å². The van der Waals surface area contributed by atoms with E-state index in [9.17, 15) is 9.59 Å². The number of morpholine rings is 1. The van der Waals surface area contributed by atoms with E-state index in [2.05, 4.69) is 20.5 Å². The van der Waals surface area contributed by atoms with Crippen molar-refractivity contribution in [3.05, 3.63) is 42.1 Å². The maximum atomic E-state index is 13.0. The summed E-state index contributed by atoms with van der Waals surface area (Å²) < 4.78 is 8.41. The maximum Gasteiger partial charge on any atom is 0.274 e. The van der Waals surface area contributed by atoms with E-state index < -0.39 is 5.91 Å². The Balaban J connectivity index is 1.63. The molecule has 0 aliphatic carbocycles. The predicted molar refractivity (Wildman–Crippen MR) is 95.6 cm³/mol. The van der Waals surface area contributed by atoms with Gasteiger partial charge in [-0.05, 0) is 13.0 Å². The van der Waals surface area contributed by atoms with Crippen molar-refractivity contribution in [1.29, 1.82) is 0 Å². The molecule has 1 fully saturated rings. The number of aromatic nitrogens is 5. The van der Waals surface area contributed by atoms with Crippen molar-refractivity contribution < 1.29 is 14.3 Å². The van der Waals surface area contributed by atoms with E-state index in [0.29, 0.717) is 55.4 Å². The normalized spacial score (nSPS) is 14.5. The SMILES string of the molecule is CCn1ncc(NC(=O)c2cnn3cccnc23)c1C(=O)N1CCOCC1. The van der Waals surface area contributed by atoms with Gasteiger partial charge in [0.1, 0.15) is 11.3 Å². The smallest absolute Gasteiger partial charge is 0.274 e. The number of amides is 2. The Kier molecular flexibility index (Phi) is 4.55. The highest BCUT2D eigenvalue weighted by molar-refractivity contribution is 6.10. The Bertz CT molecular complexity index is 987. The predicted octanol–water partition coefficient (Wildman–Crippen LogP) is 0.670. The molecule has 2 amide bonds. The molecule has 1 N–H and O–H groups in total. The summed E-state index contributed by atoms with van der Waals surface area (Å²) in [4.78, 5) is 31.6. The lowest BCUT2D eigenvalue weighted by Crippen LogP contribution is -2.41. The van der Waals surface area contributed by atoms with E-state index in [0.717, 1.165) is 0 Å². The van der Waals surface area contributed by atoms with E-state index in [1.165, 1.54) is 16.9 Å². The lowest BCUT2D eigenvalue weighted by molar-refractivity contribution is 0.0295. The first-order valence-corrected chi connectivity index (χ1v) is 8.71. The lowest BCUT2D eigenvalue weighted by atomic mass is 10.2. The van der Waals surface area contributed by atoms with Crippen molar-refractivity contribution in [1.82, 2.24) is 29.3 Å². The number of ether oxygens (including phenoxy) is 1. The van der Waals surface area contributed by atoms with Gasteiger partial charge in [0.05, 0.1) is 31.3 Å². The molecule has 4 rings (SSSR count). The average Bonchev–Trinajstić information content (AvgIpc) is 3.32. The third-order valence-corrected chi connectivity index (χ3v) is 4.41. The number of carbonyl (C=O) groups excluding carboxylic acids is 2. The van der Waals surface area contributed by atoms with Crippen LogP contribution in [0.5, 0.6) is 0 Å². The summed E-state index contributed by atoms with van der Waals surface area (Å²) in [7, 11) is 0. The second-order valence-corrected chi connectivity index (χ2v) is 6.03. The molecular formula is C17H19N7O3. The summed E-state index contributed by atoms with van der Waals surface area (Å²) in [5, 5.41) is 11.1. The van der Waals surface area contributed by atoms with E-state index in [4.69, 9.17) is 4.74 Å². The summed E-state index contributed by atoms with van der Waals surface area (Å²) in [6.07, 6.45) is 6.25. The van der Waals surface area contributed by atoms with Crippen LogP contribution in [0.1, 0.15) is 27.8 Å². The molecule has 3 aromatic rings. The minimum atomic E-state index is -0.393. The number of carbonyl (C=O) groups is 2. The number of anilines is 1. The minimum Gasteiger partial charge on any atom is -0.378 e. The molecule has 3 aromatic heterocycles. The zero-order valence-electron chi connectivity index (χ0n) is 14.8. The van der Waals surface area contributed by atoms with Gasteiger partial charge in [-0.25, -0.2) is 9.50 Å². The van der Waals surface area contributed by atoms with Gasteiger partial charge in [-0.3, -0.25) is 14.3 Å². The molecule has 27 heavy (non-hydrogen) atoms. The van der Waals surface area contributed by atoms with E-state index in [1.807, 2.05) is 6.92 Å². The third kappa shape index (κ3) is 3.14. The molecule has 0 aromatic carbocycles. The molecule has 1 saturated heterocycles. The fraction of sp³-hybridized carbons (Fsp3) is 0.353. The van der Waals surface area contributed by atoms with Crippen LogP contribution in [0, 0.1) is 0 Å². The van der Waals surface area contributed by atoms with Crippen LogP contribution in [0.3, 0.4) is 0 Å². The molecule has 0 unspecified atom stereocenters. The minimum absolute atomic E-state index is 0.175. The second-order valence-electron chi connectivity index (χ2n) is 6.03.